The number of carbonyl (C=O) groups is 1. The molecule has 1 atom stereocenters. The zero-order valence-corrected chi connectivity index (χ0v) is 23.1. The molecule has 31 heavy (non-hydrogen) atoms. The first-order valence-corrected chi connectivity index (χ1v) is 11.7. The number of rotatable bonds is 3. The third-order valence-electron chi connectivity index (χ3n) is 6.82. The van der Waals surface area contributed by atoms with Crippen LogP contribution in [0.2, 0.25) is 5.02 Å². The van der Waals surface area contributed by atoms with Crippen molar-refractivity contribution >= 4 is 23.2 Å². The summed E-state index contributed by atoms with van der Waals surface area (Å²) in [6.07, 6.45) is 4.65. The average molecular weight is 517 g/mol. The minimum absolute atomic E-state index is 0. The van der Waals surface area contributed by atoms with Crippen molar-refractivity contribution in [2.45, 2.75) is 59.4 Å². The Morgan fingerprint density at radius 3 is 2.06 bits per heavy atom. The summed E-state index contributed by atoms with van der Waals surface area (Å²) >= 11 is 6.17. The van der Waals surface area contributed by atoms with E-state index in [2.05, 4.69) is 39.8 Å². The van der Waals surface area contributed by atoms with E-state index in [1.54, 1.807) is 0 Å². The first-order valence-electron chi connectivity index (χ1n) is 11.3. The summed E-state index contributed by atoms with van der Waals surface area (Å²) in [5.41, 5.74) is 4.61. The van der Waals surface area contributed by atoms with Crippen LogP contribution in [0.3, 0.4) is 0 Å². The molecule has 2 saturated heterocycles. The van der Waals surface area contributed by atoms with Gasteiger partial charge >= 0.3 is 0 Å². The van der Waals surface area contributed by atoms with E-state index in [1.807, 2.05) is 35.2 Å². The van der Waals surface area contributed by atoms with Crippen molar-refractivity contribution < 1.29 is 42.0 Å². The Hall–Kier alpha value is -0.736. The molecule has 0 saturated carbocycles. The number of quaternary nitrogens is 1. The van der Waals surface area contributed by atoms with Gasteiger partial charge in [0.05, 0.1) is 19.6 Å². The summed E-state index contributed by atoms with van der Waals surface area (Å²) in [5.74, 6) is 0.327. The Bertz CT molecular complexity index is 842. The molecule has 3 nitrogen and oxygen atoms in total. The first-order chi connectivity index (χ1) is 14.4. The molecule has 165 valence electrons. The van der Waals surface area contributed by atoms with Gasteiger partial charge in [0.25, 0.3) is 5.91 Å². The Labute approximate surface area is 218 Å². The molecule has 5 heteroatoms. The van der Waals surface area contributed by atoms with Crippen LogP contribution in [-0.4, -0.2) is 42.6 Å². The van der Waals surface area contributed by atoms with Crippen LogP contribution >= 0.6 is 11.6 Å². The van der Waals surface area contributed by atoms with Crippen LogP contribution in [0.25, 0.3) is 0 Å². The second-order valence-electron chi connectivity index (χ2n) is 8.88. The van der Waals surface area contributed by atoms with Crippen molar-refractivity contribution in [3.63, 3.8) is 0 Å². The quantitative estimate of drug-likeness (QED) is 0.453. The summed E-state index contributed by atoms with van der Waals surface area (Å²) in [7, 11) is 0. The van der Waals surface area contributed by atoms with Gasteiger partial charge in [0.15, 0.2) is 6.04 Å². The van der Waals surface area contributed by atoms with Crippen molar-refractivity contribution in [3.8, 4) is 0 Å². The summed E-state index contributed by atoms with van der Waals surface area (Å²) in [4.78, 5) is 15.4. The van der Waals surface area contributed by atoms with E-state index < -0.39 is 0 Å². The fourth-order valence-electron chi connectivity index (χ4n) is 5.26. The summed E-state index contributed by atoms with van der Waals surface area (Å²) in [5, 5.41) is 0.751. The van der Waals surface area contributed by atoms with Gasteiger partial charge in [0, 0.05) is 69.2 Å². The van der Waals surface area contributed by atoms with Crippen LogP contribution in [0, 0.1) is 20.8 Å². The van der Waals surface area contributed by atoms with E-state index in [-0.39, 0.29) is 38.8 Å². The van der Waals surface area contributed by atoms with Gasteiger partial charge in [-0.15, -0.1) is 0 Å². The van der Waals surface area contributed by atoms with Crippen LogP contribution < -0.4 is 4.90 Å². The minimum Gasteiger partial charge on any atom is -0.314 e. The molecule has 1 unspecified atom stereocenters. The summed E-state index contributed by atoms with van der Waals surface area (Å²) in [6.45, 7) is 12.7. The van der Waals surface area contributed by atoms with Crippen LogP contribution in [0.5, 0.6) is 0 Å². The van der Waals surface area contributed by atoms with Gasteiger partial charge in [0.1, 0.15) is 0 Å². The normalized spacial score (nSPS) is 20.0. The van der Waals surface area contributed by atoms with Gasteiger partial charge in [0.2, 0.25) is 0 Å². The maximum atomic E-state index is 13.3. The number of anilines is 1. The second kappa shape index (κ2) is 11.9. The van der Waals surface area contributed by atoms with Crippen LogP contribution in [0.1, 0.15) is 49.3 Å². The van der Waals surface area contributed by atoms with Crippen molar-refractivity contribution in [2.24, 2.45) is 0 Å². The number of benzene rings is 2. The number of piperidine rings is 1. The first kappa shape index (κ1) is 26.5. The monoisotopic (exact) mass is 516 g/mol. The molecule has 0 spiro atoms. The van der Waals surface area contributed by atoms with Crippen molar-refractivity contribution in [1.29, 1.82) is 0 Å². The number of carbonyl (C=O) groups excluding carboxylic acids is 1. The third kappa shape index (κ3) is 6.19. The fraction of sp³-hybridized carbons (Fsp3) is 0.500. The predicted molar refractivity (Wildman–Crippen MR) is 127 cm³/mol. The molecule has 4 rings (SSSR count). The van der Waals surface area contributed by atoms with Crippen LogP contribution in [-0.2, 0) is 37.5 Å². The Morgan fingerprint density at radius 2 is 1.58 bits per heavy atom. The minimum atomic E-state index is 0. The van der Waals surface area contributed by atoms with Crippen molar-refractivity contribution in [2.75, 3.05) is 31.1 Å². The van der Waals surface area contributed by atoms with Gasteiger partial charge in [-0.25, -0.2) is 0 Å². The molecule has 2 aromatic rings. The maximum Gasteiger partial charge on any atom is 0.285 e. The largest absolute Gasteiger partial charge is 0.314 e. The van der Waals surface area contributed by atoms with Gasteiger partial charge in [-0.3, -0.25) is 4.79 Å². The van der Waals surface area contributed by atoms with E-state index in [4.69, 9.17) is 11.6 Å². The van der Waals surface area contributed by atoms with E-state index >= 15 is 0 Å². The number of nitrogens with zero attached hydrogens (tertiary/aromatic N) is 2. The van der Waals surface area contributed by atoms with Crippen LogP contribution in [0.15, 0.2) is 42.5 Å². The number of aryl methyl sites for hydroxylation is 3. The number of hydrogen-bond acceptors (Lipinski definition) is 1. The molecule has 2 aliphatic heterocycles. The van der Waals surface area contributed by atoms with E-state index in [0.29, 0.717) is 5.91 Å². The zero-order chi connectivity index (χ0) is 21.7. The van der Waals surface area contributed by atoms with Gasteiger partial charge < -0.3 is 9.38 Å². The van der Waals surface area contributed by atoms with E-state index in [9.17, 15) is 4.79 Å². The van der Waals surface area contributed by atoms with Crippen molar-refractivity contribution in [1.82, 2.24) is 0 Å². The van der Waals surface area contributed by atoms with E-state index in [0.717, 1.165) is 52.3 Å². The summed E-state index contributed by atoms with van der Waals surface area (Å²) in [6, 6.07) is 14.4. The van der Waals surface area contributed by atoms with E-state index in [1.165, 1.54) is 31.5 Å². The topological polar surface area (TPSA) is 20.3 Å². The molecule has 2 aliphatic rings. The molecule has 1 amide bonds. The molecule has 2 heterocycles. The SMILES string of the molecule is CC[N+]1(C2CCCN(c3c(C)cc(Cl)cc3C)C2=O)CCCC1.Cc1ccccc1.[Y]. The molecule has 0 N–H and O–H groups in total. The average Bonchev–Trinajstić information content (AvgIpc) is 3.20. The Kier molecular flexibility index (Phi) is 10.2. The molecule has 1 radical (unpaired) electrons. The predicted octanol–water partition coefficient (Wildman–Crippen LogP) is 6.08. The second-order valence-corrected chi connectivity index (χ2v) is 9.32. The molecular weight excluding hydrogens is 481 g/mol. The van der Waals surface area contributed by atoms with Gasteiger partial charge in [-0.2, -0.15) is 0 Å². The third-order valence-corrected chi connectivity index (χ3v) is 7.04. The molecule has 0 bridgehead atoms. The zero-order valence-electron chi connectivity index (χ0n) is 19.5. The standard InChI is InChI=1S/C19H28ClN2O.C7H8.Y/c1-4-22(10-5-6-11-22)17-8-7-9-21(19(17)23)18-14(2)12-16(20)13-15(18)3;1-7-5-3-2-4-6-7;/h12-13,17H,4-11H2,1-3H3;2-6H,1H3;/q+1;;. The Morgan fingerprint density at radius 1 is 1.00 bits per heavy atom. The van der Waals surface area contributed by atoms with Gasteiger partial charge in [-0.1, -0.05) is 47.5 Å². The fourth-order valence-corrected chi connectivity index (χ4v) is 5.59. The number of halogens is 1. The number of hydrogen-bond donors (Lipinski definition) is 0. The molecule has 0 aromatic heterocycles. The molecule has 2 aromatic carbocycles. The molecule has 2 fully saturated rings. The number of amides is 1. The Balaban J connectivity index is 0.000000364. The summed E-state index contributed by atoms with van der Waals surface area (Å²) < 4.78 is 1.00. The van der Waals surface area contributed by atoms with Crippen LogP contribution in [0.4, 0.5) is 5.69 Å². The smallest absolute Gasteiger partial charge is 0.285 e. The number of likely N-dealkylation sites (tertiary alicyclic amines) is 1. The maximum absolute atomic E-state index is 13.3. The van der Waals surface area contributed by atoms with Gasteiger partial charge in [-0.05, 0) is 57.4 Å². The number of likely N-dealkylation sites (N-methyl/N-ethyl adjacent to an activating group) is 1. The van der Waals surface area contributed by atoms with Crippen molar-refractivity contribution in [3.05, 3.63) is 64.2 Å². The molecular formula is C26H36ClN2OY+. The molecule has 0 aliphatic carbocycles.